The zero-order valence-corrected chi connectivity index (χ0v) is 12.4. The minimum absolute atomic E-state index is 0.0615. The van der Waals surface area contributed by atoms with Crippen LogP contribution in [-0.4, -0.2) is 5.11 Å². The molecule has 19 heavy (non-hydrogen) atoms. The van der Waals surface area contributed by atoms with Crippen LogP contribution in [0.15, 0.2) is 57.6 Å². The van der Waals surface area contributed by atoms with Gasteiger partial charge in [-0.1, -0.05) is 41.6 Å². The lowest BCUT2D eigenvalue weighted by molar-refractivity contribution is 0.279. The zero-order chi connectivity index (χ0) is 13.2. The van der Waals surface area contributed by atoms with E-state index in [-0.39, 0.29) is 6.61 Å². The van der Waals surface area contributed by atoms with Gasteiger partial charge in [-0.2, -0.15) is 0 Å². The van der Waals surface area contributed by atoms with Crippen molar-refractivity contribution in [2.75, 3.05) is 0 Å². The molecule has 0 amide bonds. The van der Waals surface area contributed by atoms with Crippen LogP contribution in [-0.2, 0) is 6.61 Å². The van der Waals surface area contributed by atoms with E-state index in [2.05, 4.69) is 5.38 Å². The van der Waals surface area contributed by atoms with E-state index in [4.69, 9.17) is 11.6 Å². The van der Waals surface area contributed by atoms with E-state index in [1.807, 2.05) is 42.5 Å². The van der Waals surface area contributed by atoms with E-state index in [1.165, 1.54) is 15.0 Å². The molecule has 0 aliphatic rings. The molecule has 3 rings (SSSR count). The molecule has 1 N–H and O–H groups in total. The number of thiophene rings is 1. The first-order valence-electron chi connectivity index (χ1n) is 5.81. The molecule has 3 aromatic rings. The Hall–Kier alpha value is -1.00. The van der Waals surface area contributed by atoms with Crippen molar-refractivity contribution in [3.8, 4) is 0 Å². The summed E-state index contributed by atoms with van der Waals surface area (Å²) in [5.41, 5.74) is 0.953. The largest absolute Gasteiger partial charge is 0.392 e. The number of fused-ring (bicyclic) bond motifs is 1. The van der Waals surface area contributed by atoms with Crippen molar-refractivity contribution < 1.29 is 5.11 Å². The molecule has 1 aromatic heterocycles. The lowest BCUT2D eigenvalue weighted by atomic mass is 10.2. The fourth-order valence-corrected chi connectivity index (χ4v) is 4.21. The van der Waals surface area contributed by atoms with Crippen molar-refractivity contribution >= 4 is 44.8 Å². The molecule has 1 heterocycles. The van der Waals surface area contributed by atoms with Crippen LogP contribution in [0.1, 0.15) is 5.56 Å². The average Bonchev–Trinajstić information content (AvgIpc) is 2.82. The normalized spacial score (nSPS) is 11.1. The lowest BCUT2D eigenvalue weighted by Crippen LogP contribution is -1.85. The van der Waals surface area contributed by atoms with Gasteiger partial charge in [-0.15, -0.1) is 11.3 Å². The summed E-state index contributed by atoms with van der Waals surface area (Å²) in [6, 6.07) is 13.9. The minimum atomic E-state index is 0.0615. The van der Waals surface area contributed by atoms with Crippen LogP contribution in [0.25, 0.3) is 10.1 Å². The standard InChI is InChI=1S/C15H11ClOS2/c16-11-5-6-14-12(7-11)15(9-18-14)19-13-4-2-1-3-10(13)8-17/h1-7,9,17H,8H2. The van der Waals surface area contributed by atoms with Gasteiger partial charge in [-0.05, 0) is 29.8 Å². The molecule has 0 bridgehead atoms. The zero-order valence-electron chi connectivity index (χ0n) is 9.97. The summed E-state index contributed by atoms with van der Waals surface area (Å²) in [4.78, 5) is 2.27. The monoisotopic (exact) mass is 306 g/mol. The fraction of sp³-hybridized carbons (Fsp3) is 0.0667. The van der Waals surface area contributed by atoms with E-state index in [1.54, 1.807) is 23.1 Å². The van der Waals surface area contributed by atoms with Gasteiger partial charge in [0.05, 0.1) is 6.61 Å². The maximum Gasteiger partial charge on any atom is 0.0692 e. The van der Waals surface area contributed by atoms with Crippen LogP contribution in [0.5, 0.6) is 0 Å². The summed E-state index contributed by atoms with van der Waals surface area (Å²) >= 11 is 9.45. The molecule has 0 atom stereocenters. The maximum absolute atomic E-state index is 9.37. The van der Waals surface area contributed by atoms with E-state index in [9.17, 15) is 5.11 Å². The first-order chi connectivity index (χ1) is 9.28. The number of halogens is 1. The highest BCUT2D eigenvalue weighted by molar-refractivity contribution is 7.99. The van der Waals surface area contributed by atoms with Gasteiger partial charge >= 0.3 is 0 Å². The second-order valence-corrected chi connectivity index (χ2v) is 6.54. The molecular weight excluding hydrogens is 296 g/mol. The van der Waals surface area contributed by atoms with Crippen LogP contribution in [0, 0.1) is 0 Å². The molecule has 2 aromatic carbocycles. The quantitative estimate of drug-likeness (QED) is 0.718. The minimum Gasteiger partial charge on any atom is -0.392 e. The summed E-state index contributed by atoms with van der Waals surface area (Å²) < 4.78 is 1.23. The molecule has 0 saturated heterocycles. The highest BCUT2D eigenvalue weighted by Crippen LogP contribution is 2.39. The van der Waals surface area contributed by atoms with Crippen LogP contribution < -0.4 is 0 Å². The molecular formula is C15H11ClOS2. The molecule has 4 heteroatoms. The third-order valence-corrected chi connectivity index (χ3v) is 5.39. The number of hydrogen-bond acceptors (Lipinski definition) is 3. The van der Waals surface area contributed by atoms with Crippen LogP contribution >= 0.6 is 34.7 Å². The first-order valence-corrected chi connectivity index (χ1v) is 7.89. The Balaban J connectivity index is 2.03. The Bertz CT molecular complexity index is 721. The number of benzene rings is 2. The predicted molar refractivity (Wildman–Crippen MR) is 83.3 cm³/mol. The van der Waals surface area contributed by atoms with E-state index in [0.717, 1.165) is 15.5 Å². The van der Waals surface area contributed by atoms with Gasteiger partial charge in [0, 0.05) is 30.3 Å². The molecule has 96 valence electrons. The van der Waals surface area contributed by atoms with Gasteiger partial charge < -0.3 is 5.11 Å². The van der Waals surface area contributed by atoms with Gasteiger partial charge in [0.15, 0.2) is 0 Å². The summed E-state index contributed by atoms with van der Waals surface area (Å²) in [5, 5.41) is 13.4. The van der Waals surface area contributed by atoms with Gasteiger partial charge in [0.2, 0.25) is 0 Å². The number of aliphatic hydroxyl groups is 1. The molecule has 0 radical (unpaired) electrons. The van der Waals surface area contributed by atoms with Crippen molar-refractivity contribution in [3.63, 3.8) is 0 Å². The third-order valence-electron chi connectivity index (χ3n) is 2.86. The highest BCUT2D eigenvalue weighted by atomic mass is 35.5. The molecule has 0 saturated carbocycles. The second-order valence-electron chi connectivity index (χ2n) is 4.11. The molecule has 0 spiro atoms. The van der Waals surface area contributed by atoms with Crippen LogP contribution in [0.3, 0.4) is 0 Å². The Morgan fingerprint density at radius 3 is 2.79 bits per heavy atom. The van der Waals surface area contributed by atoms with Crippen molar-refractivity contribution in [2.45, 2.75) is 16.4 Å². The molecule has 0 aliphatic carbocycles. The summed E-state index contributed by atoms with van der Waals surface area (Å²) in [7, 11) is 0. The topological polar surface area (TPSA) is 20.2 Å². The van der Waals surface area contributed by atoms with Crippen molar-refractivity contribution in [1.82, 2.24) is 0 Å². The van der Waals surface area contributed by atoms with Crippen LogP contribution in [0.4, 0.5) is 0 Å². The maximum atomic E-state index is 9.37. The molecule has 1 nitrogen and oxygen atoms in total. The molecule has 0 fully saturated rings. The van der Waals surface area contributed by atoms with Gasteiger partial charge in [0.1, 0.15) is 0 Å². The predicted octanol–water partition coefficient (Wildman–Crippen LogP) is 5.20. The second kappa shape index (κ2) is 5.55. The summed E-state index contributed by atoms with van der Waals surface area (Å²) in [5.74, 6) is 0. The lowest BCUT2D eigenvalue weighted by Gasteiger charge is -2.05. The fourth-order valence-electron chi connectivity index (χ4n) is 1.91. The van der Waals surface area contributed by atoms with Crippen molar-refractivity contribution in [1.29, 1.82) is 0 Å². The van der Waals surface area contributed by atoms with Crippen molar-refractivity contribution in [3.05, 3.63) is 58.4 Å². The third kappa shape index (κ3) is 2.65. The van der Waals surface area contributed by atoms with Crippen LogP contribution in [0.2, 0.25) is 5.02 Å². The smallest absolute Gasteiger partial charge is 0.0692 e. The van der Waals surface area contributed by atoms with Crippen molar-refractivity contribution in [2.24, 2.45) is 0 Å². The number of rotatable bonds is 3. The van der Waals surface area contributed by atoms with E-state index in [0.29, 0.717) is 0 Å². The van der Waals surface area contributed by atoms with Gasteiger partial charge in [-0.25, -0.2) is 0 Å². The Morgan fingerprint density at radius 2 is 1.95 bits per heavy atom. The SMILES string of the molecule is OCc1ccccc1Sc1csc2ccc(Cl)cc12. The molecule has 0 unspecified atom stereocenters. The first kappa shape index (κ1) is 13.0. The Labute approximate surface area is 124 Å². The summed E-state index contributed by atoms with van der Waals surface area (Å²) in [6.07, 6.45) is 0. The average molecular weight is 307 g/mol. The number of aliphatic hydroxyl groups excluding tert-OH is 1. The summed E-state index contributed by atoms with van der Waals surface area (Å²) in [6.45, 7) is 0.0615. The number of hydrogen-bond donors (Lipinski definition) is 1. The Kier molecular flexibility index (Phi) is 3.80. The van der Waals surface area contributed by atoms with E-state index < -0.39 is 0 Å². The van der Waals surface area contributed by atoms with Gasteiger partial charge in [-0.3, -0.25) is 0 Å². The van der Waals surface area contributed by atoms with E-state index >= 15 is 0 Å². The molecule has 0 aliphatic heterocycles. The Morgan fingerprint density at radius 1 is 1.11 bits per heavy atom. The van der Waals surface area contributed by atoms with Gasteiger partial charge in [0.25, 0.3) is 0 Å². The highest BCUT2D eigenvalue weighted by Gasteiger charge is 2.08.